The zero-order valence-corrected chi connectivity index (χ0v) is 14.0. The van der Waals surface area contributed by atoms with Crippen molar-refractivity contribution in [2.45, 2.75) is 47.5 Å². The van der Waals surface area contributed by atoms with Crippen LogP contribution in [0.3, 0.4) is 0 Å². The minimum absolute atomic E-state index is 0.0939. The summed E-state index contributed by atoms with van der Waals surface area (Å²) in [7, 11) is 1.94. The second-order valence-corrected chi connectivity index (χ2v) is 6.38. The van der Waals surface area contributed by atoms with Gasteiger partial charge in [-0.2, -0.15) is 0 Å². The van der Waals surface area contributed by atoms with E-state index in [-0.39, 0.29) is 23.5 Å². The molecule has 0 aromatic carbocycles. The maximum Gasteiger partial charge on any atom is 0.220 e. The van der Waals surface area contributed by atoms with Gasteiger partial charge >= 0.3 is 0 Å². The van der Waals surface area contributed by atoms with E-state index in [4.69, 9.17) is 0 Å². The summed E-state index contributed by atoms with van der Waals surface area (Å²) < 4.78 is 0. The van der Waals surface area contributed by atoms with Gasteiger partial charge in [-0.15, -0.1) is 0 Å². The Morgan fingerprint density at radius 2 is 1.35 bits per heavy atom. The molecule has 0 saturated heterocycles. The van der Waals surface area contributed by atoms with Crippen molar-refractivity contribution in [1.29, 1.82) is 0 Å². The molecule has 4 atom stereocenters. The van der Waals surface area contributed by atoms with E-state index >= 15 is 0 Å². The van der Waals surface area contributed by atoms with Gasteiger partial charge in [-0.3, -0.25) is 4.79 Å². The van der Waals surface area contributed by atoms with Gasteiger partial charge in [0.1, 0.15) is 5.78 Å². The highest BCUT2D eigenvalue weighted by Crippen LogP contribution is 2.18. The second kappa shape index (κ2) is 9.92. The summed E-state index contributed by atoms with van der Waals surface area (Å²) in [6.45, 7) is 11.7. The van der Waals surface area contributed by atoms with Crippen molar-refractivity contribution in [3.8, 4) is 0 Å². The number of carbonyl (C=O) groups is 2. The van der Waals surface area contributed by atoms with Crippen LogP contribution in [0.15, 0.2) is 0 Å². The lowest BCUT2D eigenvalue weighted by Gasteiger charge is -2.22. The van der Waals surface area contributed by atoms with E-state index in [0.717, 1.165) is 13.1 Å². The highest BCUT2D eigenvalue weighted by atomic mass is 16.1. The fourth-order valence-corrected chi connectivity index (χ4v) is 2.22. The van der Waals surface area contributed by atoms with E-state index in [1.165, 1.54) is 0 Å². The van der Waals surface area contributed by atoms with Crippen molar-refractivity contribution in [2.75, 3.05) is 20.1 Å². The molecule has 4 unspecified atom stereocenters. The lowest BCUT2D eigenvalue weighted by Crippen LogP contribution is -2.34. The molecule has 0 aromatic rings. The summed E-state index contributed by atoms with van der Waals surface area (Å²) in [4.78, 5) is 23.0. The molecule has 0 aliphatic heterocycles. The SMILES string of the molecule is CNCC(C)C(C)CNC(=O)CC(C)C(C)CC(C)=O. The molecule has 1 amide bonds. The van der Waals surface area contributed by atoms with Crippen LogP contribution in [0.2, 0.25) is 0 Å². The van der Waals surface area contributed by atoms with Gasteiger partial charge in [0.2, 0.25) is 5.91 Å². The van der Waals surface area contributed by atoms with Crippen LogP contribution < -0.4 is 10.6 Å². The Labute approximate surface area is 124 Å². The Balaban J connectivity index is 4.01. The van der Waals surface area contributed by atoms with Crippen molar-refractivity contribution < 1.29 is 9.59 Å². The third kappa shape index (κ3) is 8.31. The van der Waals surface area contributed by atoms with Gasteiger partial charge in [0.25, 0.3) is 0 Å². The Morgan fingerprint density at radius 3 is 1.85 bits per heavy atom. The summed E-state index contributed by atoms with van der Waals surface area (Å²) in [6, 6.07) is 0. The summed E-state index contributed by atoms with van der Waals surface area (Å²) >= 11 is 0. The normalized spacial score (nSPS) is 17.1. The lowest BCUT2D eigenvalue weighted by molar-refractivity contribution is -0.123. The summed E-state index contributed by atoms with van der Waals surface area (Å²) in [5, 5.41) is 6.17. The third-order valence-electron chi connectivity index (χ3n) is 4.21. The van der Waals surface area contributed by atoms with Gasteiger partial charge in [-0.25, -0.2) is 0 Å². The Morgan fingerprint density at radius 1 is 0.850 bits per heavy atom. The summed E-state index contributed by atoms with van der Waals surface area (Å²) in [5.41, 5.74) is 0. The topological polar surface area (TPSA) is 58.2 Å². The molecule has 0 aliphatic rings. The molecular formula is C16H32N2O2. The maximum atomic E-state index is 11.9. The second-order valence-electron chi connectivity index (χ2n) is 6.38. The molecule has 0 aromatic heterocycles. The van der Waals surface area contributed by atoms with Crippen LogP contribution >= 0.6 is 0 Å². The predicted molar refractivity (Wildman–Crippen MR) is 83.5 cm³/mol. The molecule has 0 aliphatic carbocycles. The number of ketones is 1. The van der Waals surface area contributed by atoms with Crippen LogP contribution in [0.5, 0.6) is 0 Å². The number of hydrogen-bond donors (Lipinski definition) is 2. The first-order valence-corrected chi connectivity index (χ1v) is 7.68. The first-order valence-electron chi connectivity index (χ1n) is 7.68. The van der Waals surface area contributed by atoms with Gasteiger partial charge in [-0.1, -0.05) is 27.7 Å². The van der Waals surface area contributed by atoms with Crippen molar-refractivity contribution in [3.05, 3.63) is 0 Å². The van der Waals surface area contributed by atoms with Crippen LogP contribution in [-0.2, 0) is 9.59 Å². The first-order chi connectivity index (χ1) is 9.27. The molecule has 2 N–H and O–H groups in total. The summed E-state index contributed by atoms with van der Waals surface area (Å²) in [5.74, 6) is 1.78. The average molecular weight is 284 g/mol. The number of amides is 1. The van der Waals surface area contributed by atoms with E-state index in [1.807, 2.05) is 20.9 Å². The molecule has 118 valence electrons. The Hall–Kier alpha value is -0.900. The number of rotatable bonds is 10. The van der Waals surface area contributed by atoms with Crippen LogP contribution in [0.1, 0.15) is 47.5 Å². The molecule has 0 fully saturated rings. The number of Topliss-reactive ketones (excluding diaryl/α,β-unsaturated/α-hetero) is 1. The fraction of sp³-hybridized carbons (Fsp3) is 0.875. The smallest absolute Gasteiger partial charge is 0.220 e. The summed E-state index contributed by atoms with van der Waals surface area (Å²) in [6.07, 6.45) is 1.06. The number of nitrogens with one attached hydrogen (secondary N) is 2. The van der Waals surface area contributed by atoms with E-state index < -0.39 is 0 Å². The van der Waals surface area contributed by atoms with Crippen LogP contribution in [-0.4, -0.2) is 31.8 Å². The molecular weight excluding hydrogens is 252 g/mol. The molecule has 0 saturated carbocycles. The predicted octanol–water partition coefficient (Wildman–Crippen LogP) is 2.24. The van der Waals surface area contributed by atoms with E-state index in [2.05, 4.69) is 24.5 Å². The van der Waals surface area contributed by atoms with Gasteiger partial charge in [0.05, 0.1) is 0 Å². The third-order valence-corrected chi connectivity index (χ3v) is 4.21. The molecule has 0 heterocycles. The zero-order chi connectivity index (χ0) is 15.7. The van der Waals surface area contributed by atoms with Crippen molar-refractivity contribution in [2.24, 2.45) is 23.7 Å². The number of carbonyl (C=O) groups excluding carboxylic acids is 2. The van der Waals surface area contributed by atoms with Gasteiger partial charge in [0, 0.05) is 19.4 Å². The van der Waals surface area contributed by atoms with Crippen LogP contribution in [0.25, 0.3) is 0 Å². The van der Waals surface area contributed by atoms with E-state index in [0.29, 0.717) is 24.7 Å². The average Bonchev–Trinajstić information content (AvgIpc) is 2.35. The molecule has 0 radical (unpaired) electrons. The highest BCUT2D eigenvalue weighted by Gasteiger charge is 2.18. The zero-order valence-electron chi connectivity index (χ0n) is 14.0. The largest absolute Gasteiger partial charge is 0.356 e. The molecule has 0 rings (SSSR count). The fourth-order valence-electron chi connectivity index (χ4n) is 2.22. The van der Waals surface area contributed by atoms with Crippen LogP contribution in [0, 0.1) is 23.7 Å². The maximum absolute atomic E-state index is 11.9. The monoisotopic (exact) mass is 284 g/mol. The van der Waals surface area contributed by atoms with Crippen LogP contribution in [0.4, 0.5) is 0 Å². The standard InChI is InChI=1S/C16H32N2O2/c1-11(7-15(5)19)12(2)8-16(20)18-10-14(4)13(3)9-17-6/h11-14,17H,7-10H2,1-6H3,(H,18,20). The molecule has 0 bridgehead atoms. The van der Waals surface area contributed by atoms with Crippen molar-refractivity contribution in [1.82, 2.24) is 10.6 Å². The van der Waals surface area contributed by atoms with Gasteiger partial charge < -0.3 is 15.4 Å². The lowest BCUT2D eigenvalue weighted by atomic mass is 9.88. The van der Waals surface area contributed by atoms with Crippen molar-refractivity contribution >= 4 is 11.7 Å². The number of hydrogen-bond acceptors (Lipinski definition) is 3. The van der Waals surface area contributed by atoms with Gasteiger partial charge in [0.15, 0.2) is 0 Å². The Kier molecular flexibility index (Phi) is 9.47. The molecule has 4 heteroatoms. The molecule has 0 spiro atoms. The molecule has 4 nitrogen and oxygen atoms in total. The highest BCUT2D eigenvalue weighted by molar-refractivity contribution is 5.77. The molecule has 20 heavy (non-hydrogen) atoms. The minimum Gasteiger partial charge on any atom is -0.356 e. The van der Waals surface area contributed by atoms with Gasteiger partial charge in [-0.05, 0) is 44.2 Å². The van der Waals surface area contributed by atoms with Crippen molar-refractivity contribution in [3.63, 3.8) is 0 Å². The van der Waals surface area contributed by atoms with E-state index in [9.17, 15) is 9.59 Å². The minimum atomic E-state index is 0.0939. The first kappa shape index (κ1) is 19.1. The quantitative estimate of drug-likeness (QED) is 0.647. The Bertz CT molecular complexity index is 305. The van der Waals surface area contributed by atoms with E-state index in [1.54, 1.807) is 6.92 Å².